The molecule has 154 valence electrons. The molecule has 2 aromatic carbocycles. The molecule has 0 radical (unpaired) electrons. The molecule has 4 rings (SSSR count). The molecule has 4 atom stereocenters. The number of aliphatic hydroxyl groups is 1. The molecule has 0 saturated heterocycles. The maximum atomic E-state index is 14.0. The molecule has 0 aliphatic heterocycles. The van der Waals surface area contributed by atoms with Crippen LogP contribution >= 0.6 is 0 Å². The van der Waals surface area contributed by atoms with Gasteiger partial charge in [0.25, 0.3) is 0 Å². The highest BCUT2D eigenvalue weighted by atomic mass is 28.2. The van der Waals surface area contributed by atoms with Gasteiger partial charge in [-0.2, -0.15) is 0 Å². The molecule has 0 amide bonds. The van der Waals surface area contributed by atoms with Crippen LogP contribution in [0.5, 0.6) is 0 Å². The van der Waals surface area contributed by atoms with Crippen LogP contribution in [0.25, 0.3) is 0 Å². The summed E-state index contributed by atoms with van der Waals surface area (Å²) in [5.41, 5.74) is 0.747. The summed E-state index contributed by atoms with van der Waals surface area (Å²) in [5, 5.41) is 11.3. The Bertz CT molecular complexity index is 834. The highest BCUT2D eigenvalue weighted by molar-refractivity contribution is 5.99. The predicted octanol–water partition coefficient (Wildman–Crippen LogP) is 3.27. The first-order valence-corrected chi connectivity index (χ1v) is 11.4. The van der Waals surface area contributed by atoms with Crippen LogP contribution in [0.15, 0.2) is 60.7 Å². The molecule has 29 heavy (non-hydrogen) atoms. The van der Waals surface area contributed by atoms with E-state index < -0.39 is 16.9 Å². The van der Waals surface area contributed by atoms with E-state index in [0.29, 0.717) is 29.9 Å². The molecule has 2 aromatic rings. The fraction of sp³-hybridized carbons (Fsp3) is 0.480. The summed E-state index contributed by atoms with van der Waals surface area (Å²) in [4.78, 5) is 14.0. The van der Waals surface area contributed by atoms with Gasteiger partial charge in [-0.1, -0.05) is 81.4 Å². The number of ketones is 1. The lowest BCUT2D eigenvalue weighted by Crippen LogP contribution is -2.51. The molecular weight excluding hydrogens is 376 g/mol. The van der Waals surface area contributed by atoms with Gasteiger partial charge in [0.05, 0.1) is 11.5 Å². The van der Waals surface area contributed by atoms with Gasteiger partial charge in [-0.15, -0.1) is 0 Å². The van der Waals surface area contributed by atoms with Crippen LogP contribution in [-0.2, 0) is 14.6 Å². The van der Waals surface area contributed by atoms with E-state index in [-0.39, 0.29) is 23.0 Å². The Morgan fingerprint density at radius 2 is 1.55 bits per heavy atom. The Balaban J connectivity index is 2.04. The van der Waals surface area contributed by atoms with Gasteiger partial charge in [-0.05, 0) is 34.8 Å². The van der Waals surface area contributed by atoms with E-state index in [1.165, 1.54) is 0 Å². The zero-order valence-electron chi connectivity index (χ0n) is 17.9. The monoisotopic (exact) mass is 408 g/mol. The molecule has 1 N–H and O–H groups in total. The van der Waals surface area contributed by atoms with E-state index >= 15 is 0 Å². The van der Waals surface area contributed by atoms with E-state index in [2.05, 4.69) is 45.0 Å². The number of aliphatic hydroxyl groups excluding tert-OH is 1. The Hall–Kier alpha value is -1.75. The average Bonchev–Trinajstić information content (AvgIpc) is 3.08. The SMILES string of the molecule is CC(C)(C)[C@@H]1[C@H]2CC(=O)C(c3ccccc3)(c3ccccc3)[C@]2(CO[SiH3])C[C@@H]1O. The molecule has 3 nitrogen and oxygen atoms in total. The van der Waals surface area contributed by atoms with Crippen LogP contribution in [0, 0.1) is 22.7 Å². The van der Waals surface area contributed by atoms with Crippen LogP contribution in [-0.4, -0.2) is 34.1 Å². The normalized spacial score (nSPS) is 31.2. The minimum absolute atomic E-state index is 0.0672. The highest BCUT2D eigenvalue weighted by Gasteiger charge is 2.72. The molecule has 0 spiro atoms. The third-order valence-electron chi connectivity index (χ3n) is 7.52. The Morgan fingerprint density at radius 3 is 2.00 bits per heavy atom. The Morgan fingerprint density at radius 1 is 1.03 bits per heavy atom. The lowest BCUT2D eigenvalue weighted by molar-refractivity contribution is -0.123. The third-order valence-corrected chi connectivity index (χ3v) is 7.81. The average molecular weight is 409 g/mol. The van der Waals surface area contributed by atoms with Crippen molar-refractivity contribution in [3.8, 4) is 0 Å². The number of rotatable bonds is 4. The molecule has 0 aromatic heterocycles. The number of hydrogen-bond donors (Lipinski definition) is 1. The summed E-state index contributed by atoms with van der Waals surface area (Å²) in [6.45, 7) is 7.08. The van der Waals surface area contributed by atoms with Crippen molar-refractivity contribution in [1.82, 2.24) is 0 Å². The number of fused-ring (bicyclic) bond motifs is 1. The number of carbonyl (C=O) groups is 1. The Labute approximate surface area is 177 Å². The van der Waals surface area contributed by atoms with E-state index in [1.807, 2.05) is 36.4 Å². The second-order valence-electron chi connectivity index (χ2n) is 9.97. The van der Waals surface area contributed by atoms with Gasteiger partial charge in [0, 0.05) is 18.4 Å². The van der Waals surface area contributed by atoms with Gasteiger partial charge in [0.15, 0.2) is 0 Å². The zero-order chi connectivity index (χ0) is 20.9. The lowest BCUT2D eigenvalue weighted by atomic mass is 9.56. The quantitative estimate of drug-likeness (QED) is 0.790. The summed E-state index contributed by atoms with van der Waals surface area (Å²) >= 11 is 0. The van der Waals surface area contributed by atoms with Crippen LogP contribution < -0.4 is 0 Å². The van der Waals surface area contributed by atoms with Gasteiger partial charge in [-0.3, -0.25) is 4.79 Å². The standard InChI is InChI=1S/C25H32O3Si/c1-23(2,3)22-19-14-21(27)25(17-10-6-4-7-11-17,18-12-8-5-9-13-18)24(19,16-28-29)15-20(22)26/h4-13,19-20,22,26H,14-16H2,1-3,29H3/t19-,20+,22-,24+/m1/s1. The minimum Gasteiger partial charge on any atom is -0.427 e. The van der Waals surface area contributed by atoms with Crippen molar-refractivity contribution < 1.29 is 14.3 Å². The summed E-state index contributed by atoms with van der Waals surface area (Å²) in [5.74, 6) is 0.427. The van der Waals surface area contributed by atoms with Crippen molar-refractivity contribution in [2.24, 2.45) is 22.7 Å². The van der Waals surface area contributed by atoms with Crippen molar-refractivity contribution in [3.05, 3.63) is 71.8 Å². The lowest BCUT2D eigenvalue weighted by Gasteiger charge is -2.46. The van der Waals surface area contributed by atoms with Crippen molar-refractivity contribution in [3.63, 3.8) is 0 Å². The van der Waals surface area contributed by atoms with E-state index in [4.69, 9.17) is 4.43 Å². The van der Waals surface area contributed by atoms with Crippen LogP contribution in [0.4, 0.5) is 0 Å². The Kier molecular flexibility index (Phi) is 5.08. The van der Waals surface area contributed by atoms with Crippen molar-refractivity contribution in [1.29, 1.82) is 0 Å². The van der Waals surface area contributed by atoms with Gasteiger partial charge in [-0.25, -0.2) is 0 Å². The molecular formula is C25H32O3Si. The summed E-state index contributed by atoms with van der Waals surface area (Å²) in [7, 11) is 0.610. The van der Waals surface area contributed by atoms with Gasteiger partial charge in [0.2, 0.25) is 0 Å². The fourth-order valence-electron chi connectivity index (χ4n) is 6.80. The van der Waals surface area contributed by atoms with Crippen LogP contribution in [0.1, 0.15) is 44.7 Å². The fourth-order valence-corrected chi connectivity index (χ4v) is 7.31. The van der Waals surface area contributed by atoms with Crippen LogP contribution in [0.3, 0.4) is 0 Å². The first-order chi connectivity index (χ1) is 13.8. The van der Waals surface area contributed by atoms with Crippen LogP contribution in [0.2, 0.25) is 0 Å². The maximum Gasteiger partial charge on any atom is 0.148 e. The number of Topliss-reactive ketones (excluding diaryl/α,β-unsaturated/α-hetero) is 1. The second-order valence-corrected chi connectivity index (χ2v) is 10.5. The van der Waals surface area contributed by atoms with E-state index in [1.54, 1.807) is 0 Å². The maximum absolute atomic E-state index is 14.0. The molecule has 4 heteroatoms. The summed E-state index contributed by atoms with van der Waals surface area (Å²) < 4.78 is 5.96. The van der Waals surface area contributed by atoms with E-state index in [9.17, 15) is 9.90 Å². The minimum atomic E-state index is -0.786. The van der Waals surface area contributed by atoms with Crippen molar-refractivity contribution >= 4 is 16.3 Å². The molecule has 2 fully saturated rings. The zero-order valence-corrected chi connectivity index (χ0v) is 19.9. The molecule has 0 unspecified atom stereocenters. The molecule has 0 bridgehead atoms. The predicted molar refractivity (Wildman–Crippen MR) is 119 cm³/mol. The number of benzene rings is 2. The number of carbonyl (C=O) groups excluding carboxylic acids is 1. The van der Waals surface area contributed by atoms with Crippen molar-refractivity contribution in [2.45, 2.75) is 45.1 Å². The summed E-state index contributed by atoms with van der Waals surface area (Å²) in [6.07, 6.45) is 0.655. The second kappa shape index (κ2) is 7.19. The third kappa shape index (κ3) is 2.80. The largest absolute Gasteiger partial charge is 0.427 e. The summed E-state index contributed by atoms with van der Waals surface area (Å²) in [6, 6.07) is 20.4. The molecule has 2 aliphatic carbocycles. The van der Waals surface area contributed by atoms with Gasteiger partial charge in [0.1, 0.15) is 16.3 Å². The number of hydrogen-bond acceptors (Lipinski definition) is 3. The molecule has 0 heterocycles. The van der Waals surface area contributed by atoms with Gasteiger partial charge < -0.3 is 9.53 Å². The first-order valence-electron chi connectivity index (χ1n) is 10.6. The van der Waals surface area contributed by atoms with Gasteiger partial charge >= 0.3 is 0 Å². The molecule has 2 aliphatic rings. The molecule has 2 saturated carbocycles. The highest BCUT2D eigenvalue weighted by Crippen LogP contribution is 2.69. The smallest absolute Gasteiger partial charge is 0.148 e. The van der Waals surface area contributed by atoms with E-state index in [0.717, 1.165) is 11.1 Å². The first kappa shape index (κ1) is 20.5. The topological polar surface area (TPSA) is 46.5 Å². The van der Waals surface area contributed by atoms with Crippen molar-refractivity contribution in [2.75, 3.05) is 6.61 Å².